The normalized spacial score (nSPS) is 10.3. The molecule has 1 N–H and O–H groups in total. The van der Waals surface area contributed by atoms with Crippen LogP contribution in [0.25, 0.3) is 0 Å². The molecule has 0 heterocycles. The van der Waals surface area contributed by atoms with E-state index in [2.05, 4.69) is 23.7 Å². The molecule has 0 aromatic heterocycles. The summed E-state index contributed by atoms with van der Waals surface area (Å²) in [5, 5.41) is 8.92. The third-order valence-corrected chi connectivity index (χ3v) is 0.953. The van der Waals surface area contributed by atoms with Gasteiger partial charge in [0, 0.05) is 6.42 Å². The zero-order valence-electron chi connectivity index (χ0n) is 6.44. The van der Waals surface area contributed by atoms with Gasteiger partial charge in [-0.3, -0.25) is 0 Å². The zero-order valence-corrected chi connectivity index (χ0v) is 6.44. The first-order valence-electron chi connectivity index (χ1n) is 3.47. The maximum atomic E-state index is 8.92. The largest absolute Gasteiger partial charge is 0.380 e. The molecule has 0 saturated heterocycles. The second-order valence-corrected chi connectivity index (χ2v) is 1.85. The van der Waals surface area contributed by atoms with Gasteiger partial charge < -0.3 is 5.11 Å². The molecule has 54 valence electrons. The molecule has 0 aliphatic heterocycles. The summed E-state index contributed by atoms with van der Waals surface area (Å²) < 4.78 is 0. The van der Waals surface area contributed by atoms with Crippen LogP contribution in [0.5, 0.6) is 0 Å². The van der Waals surface area contributed by atoms with Crippen LogP contribution < -0.4 is 0 Å². The number of rotatable bonds is 1. The molecule has 0 bridgehead atoms. The Kier molecular flexibility index (Phi) is 5.63. The first kappa shape index (κ1) is 9.08. The highest BCUT2D eigenvalue weighted by molar-refractivity contribution is 5.26. The second-order valence-electron chi connectivity index (χ2n) is 1.85. The molecule has 1 atom stereocenters. The van der Waals surface area contributed by atoms with Gasteiger partial charge in [-0.15, -0.1) is 0 Å². The Morgan fingerprint density at radius 1 is 1.30 bits per heavy atom. The lowest BCUT2D eigenvalue weighted by Crippen LogP contribution is -1.98. The third kappa shape index (κ3) is 5.22. The van der Waals surface area contributed by atoms with Crippen LogP contribution in [0.15, 0.2) is 0 Å². The molecule has 0 rings (SSSR count). The quantitative estimate of drug-likeness (QED) is 0.536. The highest BCUT2D eigenvalue weighted by atomic mass is 16.3. The first-order valence-corrected chi connectivity index (χ1v) is 3.47. The number of aliphatic hydroxyl groups excluding tert-OH is 1. The van der Waals surface area contributed by atoms with Crippen molar-refractivity contribution in [2.24, 2.45) is 0 Å². The van der Waals surface area contributed by atoms with Crippen molar-refractivity contribution in [2.75, 3.05) is 0 Å². The minimum Gasteiger partial charge on any atom is -0.380 e. The molecule has 10 heavy (non-hydrogen) atoms. The Balaban J connectivity index is 3.68. The Labute approximate surface area is 62.5 Å². The lowest BCUT2D eigenvalue weighted by Gasteiger charge is -1.91. The van der Waals surface area contributed by atoms with E-state index in [4.69, 9.17) is 5.11 Å². The van der Waals surface area contributed by atoms with E-state index in [9.17, 15) is 0 Å². The molecule has 0 aliphatic rings. The number of hydrogen-bond acceptors (Lipinski definition) is 1. The molecule has 0 radical (unpaired) electrons. The van der Waals surface area contributed by atoms with Crippen molar-refractivity contribution in [3.63, 3.8) is 0 Å². The smallest absolute Gasteiger partial charge is 0.115 e. The van der Waals surface area contributed by atoms with E-state index in [1.807, 2.05) is 13.8 Å². The molecule has 1 nitrogen and oxygen atoms in total. The second kappa shape index (κ2) is 6.20. The predicted octanol–water partition coefficient (Wildman–Crippen LogP) is 1.17. The average molecular weight is 136 g/mol. The number of hydrogen-bond donors (Lipinski definition) is 1. The zero-order chi connectivity index (χ0) is 7.82. The van der Waals surface area contributed by atoms with Gasteiger partial charge in [-0.1, -0.05) is 25.7 Å². The van der Waals surface area contributed by atoms with Crippen LogP contribution in [0.2, 0.25) is 0 Å². The lowest BCUT2D eigenvalue weighted by atomic mass is 10.3. The third-order valence-electron chi connectivity index (χ3n) is 0.953. The molecule has 0 unspecified atom stereocenters. The van der Waals surface area contributed by atoms with Crippen LogP contribution in [0.1, 0.15) is 26.7 Å². The molecule has 0 amide bonds. The van der Waals surface area contributed by atoms with Gasteiger partial charge in [0.1, 0.15) is 6.10 Å². The molecule has 0 saturated carbocycles. The maximum absolute atomic E-state index is 8.92. The van der Waals surface area contributed by atoms with Gasteiger partial charge in [-0.05, 0) is 18.3 Å². The fourth-order valence-corrected chi connectivity index (χ4v) is 0.354. The van der Waals surface area contributed by atoms with Gasteiger partial charge in [0.2, 0.25) is 0 Å². The monoisotopic (exact) mass is 136 g/mol. The summed E-state index contributed by atoms with van der Waals surface area (Å²) in [5.74, 6) is 10.6. The van der Waals surface area contributed by atoms with Crippen molar-refractivity contribution >= 4 is 0 Å². The van der Waals surface area contributed by atoms with E-state index in [1.165, 1.54) is 0 Å². The van der Waals surface area contributed by atoms with Crippen molar-refractivity contribution in [3.05, 3.63) is 0 Å². The molecular weight excluding hydrogens is 124 g/mol. The van der Waals surface area contributed by atoms with E-state index in [0.29, 0.717) is 6.42 Å². The molecule has 1 heteroatoms. The summed E-state index contributed by atoms with van der Waals surface area (Å²) in [7, 11) is 0. The predicted molar refractivity (Wildman–Crippen MR) is 42.1 cm³/mol. The molecule has 0 spiro atoms. The lowest BCUT2D eigenvalue weighted by molar-refractivity contribution is 0.228. The summed E-state index contributed by atoms with van der Waals surface area (Å²) in [6, 6.07) is 0. The highest BCUT2D eigenvalue weighted by Crippen LogP contribution is 1.83. The number of aliphatic hydroxyl groups is 1. The standard InChI is InChI=1S/C9H12O/c1-3-5-6-7-8-9(10)4-2/h9-10H,3-4H2,1-2H3/t9-/m0/s1. The summed E-state index contributed by atoms with van der Waals surface area (Å²) in [4.78, 5) is 0. The first-order chi connectivity index (χ1) is 4.81. The minimum atomic E-state index is -0.508. The van der Waals surface area contributed by atoms with Crippen LogP contribution >= 0.6 is 0 Å². The van der Waals surface area contributed by atoms with Crippen molar-refractivity contribution in [2.45, 2.75) is 32.8 Å². The van der Waals surface area contributed by atoms with Crippen molar-refractivity contribution in [1.29, 1.82) is 0 Å². The van der Waals surface area contributed by atoms with Crippen molar-refractivity contribution < 1.29 is 5.11 Å². The van der Waals surface area contributed by atoms with E-state index in [0.717, 1.165) is 6.42 Å². The van der Waals surface area contributed by atoms with Gasteiger partial charge in [-0.25, -0.2) is 0 Å². The summed E-state index contributed by atoms with van der Waals surface area (Å²) >= 11 is 0. The van der Waals surface area contributed by atoms with Crippen LogP contribution in [0, 0.1) is 23.7 Å². The Morgan fingerprint density at radius 3 is 2.50 bits per heavy atom. The molecule has 0 aliphatic carbocycles. The van der Waals surface area contributed by atoms with E-state index in [1.54, 1.807) is 0 Å². The fourth-order valence-electron chi connectivity index (χ4n) is 0.354. The van der Waals surface area contributed by atoms with Gasteiger partial charge in [0.25, 0.3) is 0 Å². The molecule has 0 aromatic carbocycles. The van der Waals surface area contributed by atoms with E-state index < -0.39 is 6.10 Å². The molecular formula is C9H12O. The van der Waals surface area contributed by atoms with E-state index in [-0.39, 0.29) is 0 Å². The topological polar surface area (TPSA) is 20.2 Å². The summed E-state index contributed by atoms with van der Waals surface area (Å²) in [6.07, 6.45) is 0.976. The van der Waals surface area contributed by atoms with Gasteiger partial charge >= 0.3 is 0 Å². The van der Waals surface area contributed by atoms with Gasteiger partial charge in [-0.2, -0.15) is 0 Å². The highest BCUT2D eigenvalue weighted by Gasteiger charge is 1.88. The Bertz CT molecular complexity index is 184. The van der Waals surface area contributed by atoms with Crippen molar-refractivity contribution in [1.82, 2.24) is 0 Å². The molecule has 0 aromatic rings. The summed E-state index contributed by atoms with van der Waals surface area (Å²) in [6.45, 7) is 3.84. The Morgan fingerprint density at radius 2 is 2.00 bits per heavy atom. The van der Waals surface area contributed by atoms with Crippen LogP contribution in [0.4, 0.5) is 0 Å². The van der Waals surface area contributed by atoms with Crippen LogP contribution in [0.3, 0.4) is 0 Å². The minimum absolute atomic E-state index is 0.508. The van der Waals surface area contributed by atoms with Gasteiger partial charge in [0.15, 0.2) is 0 Å². The van der Waals surface area contributed by atoms with Crippen molar-refractivity contribution in [3.8, 4) is 23.7 Å². The molecule has 0 fully saturated rings. The maximum Gasteiger partial charge on any atom is 0.115 e. The summed E-state index contributed by atoms with van der Waals surface area (Å²) in [5.41, 5.74) is 0. The van der Waals surface area contributed by atoms with Gasteiger partial charge in [0.05, 0.1) is 0 Å². The van der Waals surface area contributed by atoms with Crippen LogP contribution in [-0.2, 0) is 0 Å². The van der Waals surface area contributed by atoms with E-state index >= 15 is 0 Å². The average Bonchev–Trinajstić information content (AvgIpc) is 1.98. The Hall–Kier alpha value is -0.920. The SMILES string of the molecule is CCC#CC#C[C@@H](O)CC. The fraction of sp³-hybridized carbons (Fsp3) is 0.556. The van der Waals surface area contributed by atoms with Crippen LogP contribution in [-0.4, -0.2) is 11.2 Å².